The van der Waals surface area contributed by atoms with Gasteiger partial charge in [0.1, 0.15) is 20.0 Å². The van der Waals surface area contributed by atoms with Crippen LogP contribution in [0.5, 0.6) is 0 Å². The Bertz CT molecular complexity index is 1750. The smallest absolute Gasteiger partial charge is 0.366 e. The molecule has 1 unspecified atom stereocenters. The fourth-order valence-corrected chi connectivity index (χ4v) is 5.05. The van der Waals surface area contributed by atoms with Crippen LogP contribution >= 0.6 is 0 Å². The molecule has 42 heavy (non-hydrogen) atoms. The molecule has 0 bridgehead atoms. The minimum atomic E-state index is -4.54. The second-order valence-electron chi connectivity index (χ2n) is 11.0. The van der Waals surface area contributed by atoms with Gasteiger partial charge >= 0.3 is 6.18 Å². The Morgan fingerprint density at radius 3 is 2.45 bits per heavy atom. The summed E-state index contributed by atoms with van der Waals surface area (Å²) in [6.07, 6.45) is 4.32. The van der Waals surface area contributed by atoms with Crippen molar-refractivity contribution in [3.8, 4) is 22.8 Å². The van der Waals surface area contributed by atoms with Crippen molar-refractivity contribution < 1.29 is 13.2 Å². The van der Waals surface area contributed by atoms with E-state index in [2.05, 4.69) is 25.3 Å². The molecule has 214 valence electrons. The Kier molecular flexibility index (Phi) is 6.78. The number of anilines is 1. The van der Waals surface area contributed by atoms with E-state index in [1.54, 1.807) is 54.4 Å². The lowest BCUT2D eigenvalue weighted by atomic mass is 9.73. The lowest BCUT2D eigenvalue weighted by Crippen LogP contribution is -2.33. The van der Waals surface area contributed by atoms with Crippen molar-refractivity contribution in [2.45, 2.75) is 70.5 Å². The molecule has 1 aliphatic carbocycles. The highest BCUT2D eigenvalue weighted by atomic mass is 19.4. The maximum absolute atomic E-state index is 13.4. The maximum atomic E-state index is 13.4. The lowest BCUT2D eigenvalue weighted by Gasteiger charge is -2.29. The van der Waals surface area contributed by atoms with Gasteiger partial charge in [0.15, 0.2) is 23.0 Å². The summed E-state index contributed by atoms with van der Waals surface area (Å²) in [6, 6.07) is 6.77. The second kappa shape index (κ2) is 10.2. The van der Waals surface area contributed by atoms with Crippen molar-refractivity contribution in [1.82, 2.24) is 39.1 Å². The minimum Gasteiger partial charge on any atom is -0.366 e. The molecule has 1 fully saturated rings. The van der Waals surface area contributed by atoms with Gasteiger partial charge in [-0.05, 0) is 45.6 Å². The molecule has 2 radical (unpaired) electrons. The molecule has 4 heterocycles. The third-order valence-electron chi connectivity index (χ3n) is 7.43. The average molecular weight is 571 g/mol. The van der Waals surface area contributed by atoms with Gasteiger partial charge in [-0.1, -0.05) is 31.2 Å². The summed E-state index contributed by atoms with van der Waals surface area (Å²) in [7, 11) is 6.79. The Balaban J connectivity index is 1.36. The standard InChI is InChI=1S/C29H29BF3N9/c1-5-20-22(23(17-6-7-17)36-15-35-20)24-38-25(27-34-12-13-42(27)40-24)39-28(4,30)19-10-8-18(9-11-19)26-37-21(29(31,32)33)14-41(26)16(2)3/h8-17H,5-7H2,1-4H3,(H,38,39,40). The molecule has 4 aromatic heterocycles. The fourth-order valence-electron chi connectivity index (χ4n) is 5.05. The van der Waals surface area contributed by atoms with Gasteiger partial charge in [0.2, 0.25) is 0 Å². The van der Waals surface area contributed by atoms with E-state index >= 15 is 0 Å². The number of hydrogen-bond acceptors (Lipinski definition) is 7. The molecule has 0 amide bonds. The summed E-state index contributed by atoms with van der Waals surface area (Å²) in [4.78, 5) is 22.3. The number of aromatic nitrogens is 8. The van der Waals surface area contributed by atoms with Crippen LogP contribution in [0.3, 0.4) is 0 Å². The molecule has 1 saturated carbocycles. The Morgan fingerprint density at radius 2 is 1.81 bits per heavy atom. The van der Waals surface area contributed by atoms with Gasteiger partial charge in [0, 0.05) is 41.6 Å². The van der Waals surface area contributed by atoms with Crippen LogP contribution in [-0.4, -0.2) is 46.9 Å². The summed E-state index contributed by atoms with van der Waals surface area (Å²) in [5, 5.41) is 8.05. The molecule has 1 aromatic carbocycles. The zero-order chi connectivity index (χ0) is 29.8. The van der Waals surface area contributed by atoms with Crippen molar-refractivity contribution in [3.05, 3.63) is 71.8 Å². The highest BCUT2D eigenvalue weighted by Gasteiger charge is 2.35. The largest absolute Gasteiger partial charge is 0.434 e. The van der Waals surface area contributed by atoms with E-state index in [4.69, 9.17) is 17.9 Å². The SMILES string of the molecule is [B]C(C)(Nc1nc(-c2c(CC)ncnc2C2CC2)nn2ccnc12)c1ccc(-c2nc(C(F)(F)F)cn2C(C)C)cc1. The molecule has 13 heteroatoms. The highest BCUT2D eigenvalue weighted by Crippen LogP contribution is 2.43. The van der Waals surface area contributed by atoms with Crippen molar-refractivity contribution in [3.63, 3.8) is 0 Å². The number of rotatable bonds is 8. The van der Waals surface area contributed by atoms with Crippen molar-refractivity contribution in [2.24, 2.45) is 0 Å². The van der Waals surface area contributed by atoms with Crippen LogP contribution in [0.2, 0.25) is 0 Å². The van der Waals surface area contributed by atoms with Crippen LogP contribution in [0.25, 0.3) is 28.4 Å². The van der Waals surface area contributed by atoms with Crippen LogP contribution in [0.15, 0.2) is 49.2 Å². The van der Waals surface area contributed by atoms with Gasteiger partial charge in [-0.2, -0.15) is 13.2 Å². The van der Waals surface area contributed by atoms with Crippen LogP contribution in [0.1, 0.15) is 75.1 Å². The maximum Gasteiger partial charge on any atom is 0.434 e. The molecule has 5 aromatic rings. The van der Waals surface area contributed by atoms with Crippen LogP contribution in [0, 0.1) is 0 Å². The molecule has 1 N–H and O–H groups in total. The van der Waals surface area contributed by atoms with Crippen LogP contribution in [-0.2, 0) is 18.0 Å². The van der Waals surface area contributed by atoms with E-state index in [-0.39, 0.29) is 11.9 Å². The number of fused-ring (bicyclic) bond motifs is 1. The monoisotopic (exact) mass is 571 g/mol. The molecular weight excluding hydrogens is 542 g/mol. The van der Waals surface area contributed by atoms with E-state index < -0.39 is 17.3 Å². The van der Waals surface area contributed by atoms with E-state index in [1.807, 2.05) is 20.8 Å². The quantitative estimate of drug-likeness (QED) is 0.230. The number of aryl methyl sites for hydroxylation is 1. The molecule has 6 rings (SSSR count). The summed E-state index contributed by atoms with van der Waals surface area (Å²) in [5.41, 5.74) is 2.33. The van der Waals surface area contributed by atoms with E-state index in [0.717, 1.165) is 36.0 Å². The zero-order valence-corrected chi connectivity index (χ0v) is 23.7. The van der Waals surface area contributed by atoms with Gasteiger partial charge < -0.3 is 9.88 Å². The Hall–Kier alpha value is -4.29. The third kappa shape index (κ3) is 5.12. The third-order valence-corrected chi connectivity index (χ3v) is 7.43. The number of nitrogens with one attached hydrogen (secondary N) is 1. The summed E-state index contributed by atoms with van der Waals surface area (Å²) < 4.78 is 43.3. The molecule has 9 nitrogen and oxygen atoms in total. The summed E-state index contributed by atoms with van der Waals surface area (Å²) >= 11 is 0. The summed E-state index contributed by atoms with van der Waals surface area (Å²) in [6.45, 7) is 7.45. The Morgan fingerprint density at radius 1 is 1.07 bits per heavy atom. The first kappa shape index (κ1) is 27.9. The molecule has 1 atom stereocenters. The van der Waals surface area contributed by atoms with E-state index in [1.165, 1.54) is 4.57 Å². The first-order valence-corrected chi connectivity index (χ1v) is 13.9. The van der Waals surface area contributed by atoms with Crippen molar-refractivity contribution in [2.75, 3.05) is 5.32 Å². The van der Waals surface area contributed by atoms with Gasteiger partial charge in [-0.25, -0.2) is 29.4 Å². The molecule has 1 aliphatic rings. The normalized spacial score (nSPS) is 15.3. The first-order chi connectivity index (χ1) is 20.0. The summed E-state index contributed by atoms with van der Waals surface area (Å²) in [5.74, 6) is 1.51. The topological polar surface area (TPSA) is 98.7 Å². The lowest BCUT2D eigenvalue weighted by molar-refractivity contribution is -0.140. The second-order valence-corrected chi connectivity index (χ2v) is 11.0. The number of imidazole rings is 2. The predicted molar refractivity (Wildman–Crippen MR) is 153 cm³/mol. The molecule has 0 saturated heterocycles. The van der Waals surface area contributed by atoms with E-state index in [0.29, 0.717) is 40.8 Å². The Labute approximate surface area is 242 Å². The van der Waals surface area contributed by atoms with Gasteiger partial charge in [-0.3, -0.25) is 0 Å². The van der Waals surface area contributed by atoms with E-state index in [9.17, 15) is 13.2 Å². The number of benzene rings is 1. The van der Waals surface area contributed by atoms with Crippen molar-refractivity contribution in [1.29, 1.82) is 0 Å². The predicted octanol–water partition coefficient (Wildman–Crippen LogP) is 5.94. The van der Waals surface area contributed by atoms with Crippen LogP contribution in [0.4, 0.5) is 19.0 Å². The van der Waals surface area contributed by atoms with Gasteiger partial charge in [-0.15, -0.1) is 5.10 Å². The number of hydrogen-bond donors (Lipinski definition) is 1. The van der Waals surface area contributed by atoms with Gasteiger partial charge in [0.05, 0.1) is 17.0 Å². The van der Waals surface area contributed by atoms with Crippen LogP contribution < -0.4 is 5.32 Å². The van der Waals surface area contributed by atoms with Crippen molar-refractivity contribution >= 4 is 19.3 Å². The number of halogens is 3. The molecule has 0 spiro atoms. The average Bonchev–Trinajstić information content (AvgIpc) is 3.49. The fraction of sp³-hybridized carbons (Fsp3) is 0.379. The minimum absolute atomic E-state index is 0.211. The first-order valence-electron chi connectivity index (χ1n) is 13.9. The molecular formula is C29H29BF3N9. The number of nitrogens with zero attached hydrogens (tertiary/aromatic N) is 8. The molecule has 0 aliphatic heterocycles. The highest BCUT2D eigenvalue weighted by molar-refractivity contribution is 6.17. The number of alkyl halides is 3. The van der Waals surface area contributed by atoms with Gasteiger partial charge in [0.25, 0.3) is 0 Å². The zero-order valence-electron chi connectivity index (χ0n) is 23.7.